The molecule has 1 aromatic heterocycles. The van der Waals surface area contributed by atoms with Crippen molar-refractivity contribution in [1.29, 1.82) is 0 Å². The number of thiophene rings is 1. The lowest BCUT2D eigenvalue weighted by atomic mass is 10.00. The number of hydrogen-bond acceptors (Lipinski definition) is 4. The molecule has 0 bridgehead atoms. The summed E-state index contributed by atoms with van der Waals surface area (Å²) in [6, 6.07) is 3.40. The summed E-state index contributed by atoms with van der Waals surface area (Å²) >= 11 is 1.11. The molecule has 2 aromatic rings. The van der Waals surface area contributed by atoms with E-state index in [1.807, 2.05) is 0 Å². The Bertz CT molecular complexity index is 779. The van der Waals surface area contributed by atoms with E-state index in [1.54, 1.807) is 6.08 Å². The van der Waals surface area contributed by atoms with E-state index in [2.05, 4.69) is 0 Å². The summed E-state index contributed by atoms with van der Waals surface area (Å²) < 4.78 is 38.7. The minimum absolute atomic E-state index is 0.282. The molecule has 21 heavy (non-hydrogen) atoms. The number of carbonyl (C=O) groups is 1. The number of halogens is 3. The molecule has 0 atom stereocenters. The summed E-state index contributed by atoms with van der Waals surface area (Å²) in [5.74, 6) is 5.20. The van der Waals surface area contributed by atoms with Crippen LogP contribution in [0.15, 0.2) is 24.3 Å². The van der Waals surface area contributed by atoms with Crippen LogP contribution >= 0.6 is 11.3 Å². The van der Waals surface area contributed by atoms with Gasteiger partial charge in [0.15, 0.2) is 0 Å². The first-order valence-corrected chi connectivity index (χ1v) is 6.77. The van der Waals surface area contributed by atoms with Crippen molar-refractivity contribution >= 4 is 37.9 Å². The Morgan fingerprint density at radius 3 is 2.67 bits per heavy atom. The van der Waals surface area contributed by atoms with Crippen LogP contribution in [0.4, 0.5) is 18.2 Å². The van der Waals surface area contributed by atoms with Gasteiger partial charge in [0.25, 0.3) is 0 Å². The third-order valence-corrected chi connectivity index (χ3v) is 4.48. The van der Waals surface area contributed by atoms with Crippen molar-refractivity contribution in [3.05, 3.63) is 35.4 Å². The summed E-state index contributed by atoms with van der Waals surface area (Å²) in [6.45, 7) is 0.282. The molecule has 0 aliphatic carbocycles. The first-order chi connectivity index (χ1) is 9.79. The van der Waals surface area contributed by atoms with Gasteiger partial charge in [0.05, 0.1) is 12.1 Å². The molecule has 3 rings (SSSR count). The maximum absolute atomic E-state index is 12.8. The normalized spacial score (nSPS) is 15.0. The van der Waals surface area contributed by atoms with Crippen LogP contribution in [0.1, 0.15) is 11.1 Å². The lowest BCUT2D eigenvalue weighted by Crippen LogP contribution is -2.34. The predicted octanol–water partition coefficient (Wildman–Crippen LogP) is 2.48. The highest BCUT2D eigenvalue weighted by atomic mass is 32.1. The first-order valence-electron chi connectivity index (χ1n) is 5.95. The highest BCUT2D eigenvalue weighted by molar-refractivity contribution is 7.23. The molecule has 0 fully saturated rings. The van der Waals surface area contributed by atoms with Crippen LogP contribution in [0.2, 0.25) is 0 Å². The second-order valence-electron chi connectivity index (χ2n) is 4.63. The largest absolute Gasteiger partial charge is 0.416 e. The Hall–Kier alpha value is -2.06. The van der Waals surface area contributed by atoms with E-state index < -0.39 is 17.6 Å². The number of hydrogen-bond donors (Lipinski definition) is 2. The van der Waals surface area contributed by atoms with E-state index >= 15 is 0 Å². The molecule has 0 saturated heterocycles. The summed E-state index contributed by atoms with van der Waals surface area (Å²) in [6.07, 6.45) is -2.84. The number of anilines is 1. The molecule has 1 aliphatic heterocycles. The van der Waals surface area contributed by atoms with Gasteiger partial charge in [0.1, 0.15) is 5.00 Å². The van der Waals surface area contributed by atoms with Crippen molar-refractivity contribution in [3.63, 3.8) is 0 Å². The van der Waals surface area contributed by atoms with E-state index in [-0.39, 0.29) is 12.1 Å². The number of nitrogens with two attached hydrogens (primary N) is 2. The zero-order chi connectivity index (χ0) is 15.4. The second kappa shape index (κ2) is 4.47. The molecular formula is C13H10F3N3OS. The minimum atomic E-state index is -4.41. The van der Waals surface area contributed by atoms with E-state index in [0.717, 1.165) is 23.5 Å². The molecular weight excluding hydrogens is 303 g/mol. The maximum Gasteiger partial charge on any atom is 0.416 e. The van der Waals surface area contributed by atoms with Gasteiger partial charge in [0.2, 0.25) is 5.91 Å². The number of nitrogens with zero attached hydrogens (tertiary/aromatic N) is 1. The van der Waals surface area contributed by atoms with Crippen molar-refractivity contribution in [3.8, 4) is 0 Å². The van der Waals surface area contributed by atoms with Gasteiger partial charge in [-0.2, -0.15) is 13.2 Å². The highest BCUT2D eigenvalue weighted by Gasteiger charge is 2.32. The maximum atomic E-state index is 12.8. The number of hydrazine groups is 1. The van der Waals surface area contributed by atoms with Gasteiger partial charge >= 0.3 is 6.18 Å². The summed E-state index contributed by atoms with van der Waals surface area (Å²) in [7, 11) is 0. The van der Waals surface area contributed by atoms with Gasteiger partial charge in [-0.1, -0.05) is 12.1 Å². The standard InChI is InChI=1S/C13H10F3N3OS/c14-13(15,16)6-1-2-7-9(5-6)21-12-10(7)8(11(17)20)3-4-19(12)18/h1-3,5H,4,18H2,(H2,17,20). The van der Waals surface area contributed by atoms with Crippen LogP contribution in [-0.4, -0.2) is 12.5 Å². The minimum Gasteiger partial charge on any atom is -0.366 e. The van der Waals surface area contributed by atoms with Gasteiger partial charge in [0, 0.05) is 21.2 Å². The molecule has 1 amide bonds. The average molecular weight is 313 g/mol. The van der Waals surface area contributed by atoms with Crippen molar-refractivity contribution in [2.75, 3.05) is 11.6 Å². The third kappa shape index (κ3) is 2.16. The molecule has 110 valence electrons. The molecule has 8 heteroatoms. The Balaban J connectivity index is 2.27. The number of fused-ring (bicyclic) bond motifs is 3. The van der Waals surface area contributed by atoms with Crippen molar-refractivity contribution in [1.82, 2.24) is 0 Å². The van der Waals surface area contributed by atoms with Gasteiger partial charge in [-0.15, -0.1) is 11.3 Å². The van der Waals surface area contributed by atoms with Gasteiger partial charge in [-0.25, -0.2) is 5.84 Å². The number of rotatable bonds is 1. The summed E-state index contributed by atoms with van der Waals surface area (Å²) in [5.41, 5.74) is 5.39. The van der Waals surface area contributed by atoms with Crippen LogP contribution in [0.25, 0.3) is 15.7 Å². The molecule has 1 aliphatic rings. The van der Waals surface area contributed by atoms with E-state index in [9.17, 15) is 18.0 Å². The Morgan fingerprint density at radius 1 is 1.33 bits per heavy atom. The number of alkyl halides is 3. The van der Waals surface area contributed by atoms with Gasteiger partial charge in [-0.3, -0.25) is 9.80 Å². The fourth-order valence-corrected chi connectivity index (χ4v) is 3.51. The topological polar surface area (TPSA) is 72.4 Å². The Kier molecular flexibility index (Phi) is 2.96. The number of carbonyl (C=O) groups excluding carboxylic acids is 1. The van der Waals surface area contributed by atoms with Crippen LogP contribution in [-0.2, 0) is 11.0 Å². The van der Waals surface area contributed by atoms with Crippen LogP contribution in [0.5, 0.6) is 0 Å². The molecule has 0 unspecified atom stereocenters. The smallest absolute Gasteiger partial charge is 0.366 e. The monoisotopic (exact) mass is 313 g/mol. The summed E-state index contributed by atoms with van der Waals surface area (Å²) in [5, 5.41) is 2.48. The van der Waals surface area contributed by atoms with Crippen LogP contribution in [0.3, 0.4) is 0 Å². The molecule has 4 nitrogen and oxygen atoms in total. The lowest BCUT2D eigenvalue weighted by Gasteiger charge is -2.22. The van der Waals surface area contributed by atoms with Crippen LogP contribution < -0.4 is 16.6 Å². The molecule has 0 radical (unpaired) electrons. The molecule has 0 saturated carbocycles. The van der Waals surface area contributed by atoms with Crippen molar-refractivity contribution < 1.29 is 18.0 Å². The van der Waals surface area contributed by atoms with Gasteiger partial charge < -0.3 is 5.73 Å². The number of amides is 1. The molecule has 1 aromatic carbocycles. The van der Waals surface area contributed by atoms with E-state index in [1.165, 1.54) is 11.1 Å². The lowest BCUT2D eigenvalue weighted by molar-refractivity contribution is -0.137. The van der Waals surface area contributed by atoms with E-state index in [4.69, 9.17) is 11.6 Å². The van der Waals surface area contributed by atoms with Crippen LogP contribution in [0, 0.1) is 0 Å². The summed E-state index contributed by atoms with van der Waals surface area (Å²) in [4.78, 5) is 11.5. The number of primary amides is 1. The zero-order valence-electron chi connectivity index (χ0n) is 10.6. The van der Waals surface area contributed by atoms with E-state index in [0.29, 0.717) is 20.7 Å². The van der Waals surface area contributed by atoms with Gasteiger partial charge in [-0.05, 0) is 12.1 Å². The Morgan fingerprint density at radius 2 is 2.05 bits per heavy atom. The quantitative estimate of drug-likeness (QED) is 0.795. The fourth-order valence-electron chi connectivity index (χ4n) is 2.32. The first kappa shape index (κ1) is 13.9. The fraction of sp³-hybridized carbons (Fsp3) is 0.154. The SMILES string of the molecule is NC(=O)C1=CCN(N)c2sc3cc(C(F)(F)F)ccc3c21. The van der Waals surface area contributed by atoms with Crippen molar-refractivity contribution in [2.45, 2.75) is 6.18 Å². The molecule has 0 spiro atoms. The Labute approximate surface area is 121 Å². The predicted molar refractivity (Wildman–Crippen MR) is 75.5 cm³/mol. The van der Waals surface area contributed by atoms with Crippen molar-refractivity contribution in [2.24, 2.45) is 11.6 Å². The average Bonchev–Trinajstić information content (AvgIpc) is 2.77. The third-order valence-electron chi connectivity index (χ3n) is 3.29. The molecule has 2 heterocycles. The molecule has 4 N–H and O–H groups in total. The highest BCUT2D eigenvalue weighted by Crippen LogP contribution is 2.44. The zero-order valence-corrected chi connectivity index (χ0v) is 11.4. The number of benzene rings is 1. The second-order valence-corrected chi connectivity index (χ2v) is 5.66.